The van der Waals surface area contributed by atoms with Crippen molar-refractivity contribution in [1.29, 1.82) is 0 Å². The number of nitrogens with zero attached hydrogens (tertiary/aromatic N) is 1. The van der Waals surface area contributed by atoms with Gasteiger partial charge in [-0.1, -0.05) is 15.9 Å². The summed E-state index contributed by atoms with van der Waals surface area (Å²) in [7, 11) is 0. The highest BCUT2D eigenvalue weighted by Crippen LogP contribution is 2.23. The third kappa shape index (κ3) is 5.04. The molecule has 96 valence electrons. The molecule has 17 heavy (non-hydrogen) atoms. The van der Waals surface area contributed by atoms with Gasteiger partial charge < -0.3 is 15.3 Å². The van der Waals surface area contributed by atoms with Gasteiger partial charge in [0.1, 0.15) is 5.75 Å². The zero-order valence-corrected chi connectivity index (χ0v) is 11.2. The molecule has 0 radical (unpaired) electrons. The summed E-state index contributed by atoms with van der Waals surface area (Å²) in [6.45, 7) is 1.99. The van der Waals surface area contributed by atoms with Crippen molar-refractivity contribution in [2.75, 3.05) is 26.3 Å². The molecule has 5 heteroatoms. The third-order valence-corrected chi connectivity index (χ3v) is 2.98. The van der Waals surface area contributed by atoms with Gasteiger partial charge in [0, 0.05) is 36.3 Å². The van der Waals surface area contributed by atoms with Gasteiger partial charge in [0.2, 0.25) is 0 Å². The Hall–Kier alpha value is -0.620. The number of aromatic hydroxyl groups is 1. The fourth-order valence-corrected chi connectivity index (χ4v) is 2.04. The van der Waals surface area contributed by atoms with Crippen molar-refractivity contribution >= 4 is 15.9 Å². The van der Waals surface area contributed by atoms with E-state index in [2.05, 4.69) is 15.9 Å². The first kappa shape index (κ1) is 14.4. The zero-order chi connectivity index (χ0) is 12.7. The summed E-state index contributed by atoms with van der Waals surface area (Å²) in [5, 5.41) is 27.5. The topological polar surface area (TPSA) is 63.9 Å². The van der Waals surface area contributed by atoms with Gasteiger partial charge in [0.25, 0.3) is 0 Å². The van der Waals surface area contributed by atoms with Gasteiger partial charge in [-0.3, -0.25) is 4.90 Å². The minimum absolute atomic E-state index is 0.0696. The van der Waals surface area contributed by atoms with Crippen LogP contribution in [0.4, 0.5) is 0 Å². The molecule has 0 heterocycles. The Balaban J connectivity index is 2.67. The molecule has 0 saturated heterocycles. The van der Waals surface area contributed by atoms with E-state index in [-0.39, 0.29) is 19.0 Å². The first-order valence-corrected chi connectivity index (χ1v) is 6.38. The molecule has 4 nitrogen and oxygen atoms in total. The maximum Gasteiger partial charge on any atom is 0.120 e. The van der Waals surface area contributed by atoms with Crippen molar-refractivity contribution in [3.05, 3.63) is 28.2 Å². The lowest BCUT2D eigenvalue weighted by atomic mass is 10.2. The van der Waals surface area contributed by atoms with Gasteiger partial charge in [-0.15, -0.1) is 0 Å². The quantitative estimate of drug-likeness (QED) is 0.711. The molecule has 0 saturated carbocycles. The molecule has 0 unspecified atom stereocenters. The Morgan fingerprint density at radius 3 is 2.53 bits per heavy atom. The van der Waals surface area contributed by atoms with Crippen LogP contribution in [-0.4, -0.2) is 46.5 Å². The average Bonchev–Trinajstić information content (AvgIpc) is 2.31. The highest BCUT2D eigenvalue weighted by atomic mass is 79.9. The van der Waals surface area contributed by atoms with Gasteiger partial charge in [0.15, 0.2) is 0 Å². The van der Waals surface area contributed by atoms with E-state index in [1.807, 2.05) is 11.0 Å². The number of aliphatic hydroxyl groups excluding tert-OH is 2. The standard InChI is InChI=1S/C12H18BrNO3/c13-11-2-3-12(17)10(8-11)9-14(5-7-16)4-1-6-15/h2-3,8,15-17H,1,4-7,9H2. The van der Waals surface area contributed by atoms with Crippen LogP contribution < -0.4 is 0 Å². The zero-order valence-electron chi connectivity index (χ0n) is 9.64. The molecule has 0 fully saturated rings. The second-order valence-corrected chi connectivity index (χ2v) is 4.77. The molecule has 0 spiro atoms. The van der Waals surface area contributed by atoms with Crippen LogP contribution in [0.5, 0.6) is 5.75 Å². The maximum atomic E-state index is 9.72. The van der Waals surface area contributed by atoms with E-state index in [0.29, 0.717) is 26.1 Å². The van der Waals surface area contributed by atoms with Crippen molar-refractivity contribution in [2.24, 2.45) is 0 Å². The fraction of sp³-hybridized carbons (Fsp3) is 0.500. The molecule has 0 aliphatic rings. The van der Waals surface area contributed by atoms with Gasteiger partial charge >= 0.3 is 0 Å². The number of aliphatic hydroxyl groups is 2. The van der Waals surface area contributed by atoms with E-state index < -0.39 is 0 Å². The molecule has 0 atom stereocenters. The fourth-order valence-electron chi connectivity index (χ4n) is 1.63. The lowest BCUT2D eigenvalue weighted by Crippen LogP contribution is -2.28. The van der Waals surface area contributed by atoms with Crippen molar-refractivity contribution in [3.8, 4) is 5.75 Å². The predicted octanol–water partition coefficient (Wildman–Crippen LogP) is 1.33. The summed E-state index contributed by atoms with van der Waals surface area (Å²) in [6.07, 6.45) is 0.661. The molecular formula is C12H18BrNO3. The number of rotatable bonds is 7. The normalized spacial score (nSPS) is 11.1. The van der Waals surface area contributed by atoms with E-state index in [1.54, 1.807) is 12.1 Å². The maximum absolute atomic E-state index is 9.72. The van der Waals surface area contributed by atoms with E-state index in [0.717, 1.165) is 10.0 Å². The summed E-state index contributed by atoms with van der Waals surface area (Å²) in [5.74, 6) is 0.250. The molecule has 0 aromatic heterocycles. The van der Waals surface area contributed by atoms with Crippen LogP contribution in [0, 0.1) is 0 Å². The minimum atomic E-state index is 0.0696. The number of benzene rings is 1. The summed E-state index contributed by atoms with van der Waals surface area (Å²) in [5.41, 5.74) is 0.811. The molecule has 3 N–H and O–H groups in total. The van der Waals surface area contributed by atoms with Crippen LogP contribution in [0.2, 0.25) is 0 Å². The largest absolute Gasteiger partial charge is 0.508 e. The molecule has 0 bridgehead atoms. The number of hydrogen-bond acceptors (Lipinski definition) is 4. The predicted molar refractivity (Wildman–Crippen MR) is 69.9 cm³/mol. The number of halogens is 1. The Kier molecular flexibility index (Phi) is 6.50. The first-order chi connectivity index (χ1) is 8.17. The van der Waals surface area contributed by atoms with Crippen LogP contribution in [0.25, 0.3) is 0 Å². The van der Waals surface area contributed by atoms with E-state index in [4.69, 9.17) is 10.2 Å². The Morgan fingerprint density at radius 1 is 1.12 bits per heavy atom. The van der Waals surface area contributed by atoms with E-state index in [9.17, 15) is 5.11 Å². The molecular weight excluding hydrogens is 286 g/mol. The van der Waals surface area contributed by atoms with Gasteiger partial charge in [-0.05, 0) is 24.6 Å². The van der Waals surface area contributed by atoms with Crippen molar-refractivity contribution < 1.29 is 15.3 Å². The summed E-state index contributed by atoms with van der Waals surface area (Å²) in [4.78, 5) is 2.00. The van der Waals surface area contributed by atoms with Gasteiger partial charge in [0.05, 0.1) is 6.61 Å². The number of phenols is 1. The molecule has 1 rings (SSSR count). The third-order valence-electron chi connectivity index (χ3n) is 2.48. The Morgan fingerprint density at radius 2 is 1.88 bits per heavy atom. The smallest absolute Gasteiger partial charge is 0.120 e. The van der Waals surface area contributed by atoms with E-state index in [1.165, 1.54) is 0 Å². The Bertz CT molecular complexity index is 347. The molecule has 0 amide bonds. The highest BCUT2D eigenvalue weighted by Gasteiger charge is 2.08. The van der Waals surface area contributed by atoms with E-state index >= 15 is 0 Å². The number of phenolic OH excluding ortho intramolecular Hbond substituents is 1. The van der Waals surface area contributed by atoms with Crippen LogP contribution in [0.3, 0.4) is 0 Å². The summed E-state index contributed by atoms with van der Waals surface area (Å²) >= 11 is 3.36. The van der Waals surface area contributed by atoms with Crippen LogP contribution in [0.1, 0.15) is 12.0 Å². The molecule has 0 aliphatic heterocycles. The van der Waals surface area contributed by atoms with Crippen molar-refractivity contribution in [2.45, 2.75) is 13.0 Å². The second kappa shape index (κ2) is 7.66. The highest BCUT2D eigenvalue weighted by molar-refractivity contribution is 9.10. The van der Waals surface area contributed by atoms with Crippen LogP contribution >= 0.6 is 15.9 Å². The average molecular weight is 304 g/mol. The minimum Gasteiger partial charge on any atom is -0.508 e. The van der Waals surface area contributed by atoms with Crippen LogP contribution in [0.15, 0.2) is 22.7 Å². The summed E-state index contributed by atoms with van der Waals surface area (Å²) in [6, 6.07) is 5.28. The second-order valence-electron chi connectivity index (χ2n) is 3.85. The first-order valence-electron chi connectivity index (χ1n) is 5.59. The van der Waals surface area contributed by atoms with Crippen LogP contribution in [-0.2, 0) is 6.54 Å². The lowest BCUT2D eigenvalue weighted by Gasteiger charge is -2.21. The molecule has 0 aliphatic carbocycles. The van der Waals surface area contributed by atoms with Crippen molar-refractivity contribution in [3.63, 3.8) is 0 Å². The van der Waals surface area contributed by atoms with Gasteiger partial charge in [-0.2, -0.15) is 0 Å². The molecule has 1 aromatic rings. The Labute approximate surface area is 110 Å². The van der Waals surface area contributed by atoms with Crippen molar-refractivity contribution in [1.82, 2.24) is 4.90 Å². The number of hydrogen-bond donors (Lipinski definition) is 3. The monoisotopic (exact) mass is 303 g/mol. The summed E-state index contributed by atoms with van der Waals surface area (Å²) < 4.78 is 0.913. The molecule has 1 aromatic carbocycles. The van der Waals surface area contributed by atoms with Gasteiger partial charge in [-0.25, -0.2) is 0 Å². The lowest BCUT2D eigenvalue weighted by molar-refractivity contribution is 0.173. The SMILES string of the molecule is OCCCN(CCO)Cc1cc(Br)ccc1O.